The Morgan fingerprint density at radius 1 is 1.17 bits per heavy atom. The first-order valence-corrected chi connectivity index (χ1v) is 7.23. The van der Waals surface area contributed by atoms with Gasteiger partial charge in [-0.05, 0) is 24.3 Å². The van der Waals surface area contributed by atoms with Crippen molar-refractivity contribution in [3.8, 4) is 11.5 Å². The average Bonchev–Trinajstić information content (AvgIpc) is 2.56. The molecule has 6 nitrogen and oxygen atoms in total. The van der Waals surface area contributed by atoms with Crippen LogP contribution in [0.25, 0.3) is 0 Å². The second-order valence-electron chi connectivity index (χ2n) is 5.08. The van der Waals surface area contributed by atoms with E-state index in [-0.39, 0.29) is 24.8 Å². The van der Waals surface area contributed by atoms with Crippen molar-refractivity contribution in [2.45, 2.75) is 6.42 Å². The van der Waals surface area contributed by atoms with E-state index >= 15 is 0 Å². The van der Waals surface area contributed by atoms with Gasteiger partial charge in [0, 0.05) is 33.3 Å². The first-order valence-electron chi connectivity index (χ1n) is 7.23. The first-order chi connectivity index (χ1) is 11.1. The quantitative estimate of drug-likeness (QED) is 0.886. The molecule has 0 aliphatic heterocycles. The molecule has 2 aromatic rings. The zero-order valence-electron chi connectivity index (χ0n) is 13.2. The normalized spacial score (nSPS) is 10.0. The highest BCUT2D eigenvalue weighted by molar-refractivity contribution is 5.97. The fourth-order valence-corrected chi connectivity index (χ4v) is 1.88. The number of hydrogen-bond donors (Lipinski definition) is 1. The zero-order chi connectivity index (χ0) is 16.7. The number of carbonyl (C=O) groups is 2. The lowest BCUT2D eigenvalue weighted by molar-refractivity contribution is -0.128. The molecule has 0 bridgehead atoms. The predicted octanol–water partition coefficient (Wildman–Crippen LogP) is 2.08. The van der Waals surface area contributed by atoms with E-state index in [1.165, 1.54) is 4.90 Å². The van der Waals surface area contributed by atoms with Gasteiger partial charge in [0.25, 0.3) is 5.91 Å². The lowest BCUT2D eigenvalue weighted by atomic mass is 10.2. The summed E-state index contributed by atoms with van der Waals surface area (Å²) in [6.45, 7) is 0.275. The van der Waals surface area contributed by atoms with Crippen molar-refractivity contribution in [3.63, 3.8) is 0 Å². The number of nitrogens with zero attached hydrogens (tertiary/aromatic N) is 2. The highest BCUT2D eigenvalue weighted by Crippen LogP contribution is 2.24. The Kier molecular flexibility index (Phi) is 5.68. The maximum atomic E-state index is 12.3. The van der Waals surface area contributed by atoms with Crippen molar-refractivity contribution in [1.82, 2.24) is 15.2 Å². The van der Waals surface area contributed by atoms with Crippen LogP contribution in [0.3, 0.4) is 0 Å². The maximum absolute atomic E-state index is 12.3. The second kappa shape index (κ2) is 7.93. The van der Waals surface area contributed by atoms with E-state index in [4.69, 9.17) is 4.74 Å². The number of pyridine rings is 1. The van der Waals surface area contributed by atoms with Crippen LogP contribution in [0.1, 0.15) is 16.8 Å². The lowest BCUT2D eigenvalue weighted by Gasteiger charge is -2.12. The van der Waals surface area contributed by atoms with Gasteiger partial charge in [-0.25, -0.2) is 0 Å². The molecular weight excluding hydrogens is 294 g/mol. The van der Waals surface area contributed by atoms with E-state index in [0.717, 1.165) is 0 Å². The van der Waals surface area contributed by atoms with Gasteiger partial charge in [-0.3, -0.25) is 14.6 Å². The third-order valence-electron chi connectivity index (χ3n) is 3.12. The van der Waals surface area contributed by atoms with Crippen molar-refractivity contribution >= 4 is 11.8 Å². The minimum absolute atomic E-state index is 0.0369. The molecule has 0 saturated heterocycles. The summed E-state index contributed by atoms with van der Waals surface area (Å²) in [5, 5.41) is 2.73. The molecule has 2 amide bonds. The Morgan fingerprint density at radius 3 is 2.65 bits per heavy atom. The molecule has 0 fully saturated rings. The van der Waals surface area contributed by atoms with Crippen LogP contribution in [0.15, 0.2) is 48.8 Å². The van der Waals surface area contributed by atoms with Crippen molar-refractivity contribution in [1.29, 1.82) is 0 Å². The third kappa shape index (κ3) is 4.81. The summed E-state index contributed by atoms with van der Waals surface area (Å²) < 4.78 is 5.70. The molecule has 0 unspecified atom stereocenters. The van der Waals surface area contributed by atoms with Crippen LogP contribution in [-0.2, 0) is 4.79 Å². The van der Waals surface area contributed by atoms with Crippen LogP contribution in [0.4, 0.5) is 0 Å². The molecule has 0 spiro atoms. The number of nitrogens with one attached hydrogen (secondary N) is 1. The topological polar surface area (TPSA) is 71.5 Å². The van der Waals surface area contributed by atoms with Crippen LogP contribution in [0.5, 0.6) is 11.5 Å². The average molecular weight is 313 g/mol. The van der Waals surface area contributed by atoms with Gasteiger partial charge in [0.2, 0.25) is 5.91 Å². The molecular formula is C17H19N3O3. The van der Waals surface area contributed by atoms with Gasteiger partial charge in [-0.2, -0.15) is 0 Å². The molecule has 1 aromatic carbocycles. The Morgan fingerprint density at radius 2 is 1.96 bits per heavy atom. The number of amides is 2. The number of para-hydroxylation sites is 1. The third-order valence-corrected chi connectivity index (χ3v) is 3.12. The Bertz CT molecular complexity index is 672. The Labute approximate surface area is 135 Å². The van der Waals surface area contributed by atoms with Crippen molar-refractivity contribution in [3.05, 3.63) is 54.4 Å². The van der Waals surface area contributed by atoms with Gasteiger partial charge in [0.15, 0.2) is 0 Å². The van der Waals surface area contributed by atoms with Crippen LogP contribution in [0.2, 0.25) is 0 Å². The van der Waals surface area contributed by atoms with Gasteiger partial charge in [0.1, 0.15) is 11.5 Å². The van der Waals surface area contributed by atoms with Gasteiger partial charge in [-0.15, -0.1) is 0 Å². The van der Waals surface area contributed by atoms with Crippen LogP contribution in [0, 0.1) is 0 Å². The van der Waals surface area contributed by atoms with Gasteiger partial charge in [-0.1, -0.05) is 12.1 Å². The number of ether oxygens (including phenoxy) is 1. The van der Waals surface area contributed by atoms with Crippen LogP contribution in [-0.4, -0.2) is 42.3 Å². The standard InChI is InChI=1S/C17H19N3O3/c1-20(2)16(21)9-11-19-17(22)14-7-3-4-8-15(14)23-13-6-5-10-18-12-13/h3-8,10,12H,9,11H2,1-2H3,(H,19,22). The zero-order valence-corrected chi connectivity index (χ0v) is 13.2. The largest absolute Gasteiger partial charge is 0.455 e. The number of carbonyl (C=O) groups excluding carboxylic acids is 2. The summed E-state index contributed by atoms with van der Waals surface area (Å²) in [6.07, 6.45) is 3.47. The van der Waals surface area contributed by atoms with Gasteiger partial charge >= 0.3 is 0 Å². The molecule has 0 aliphatic carbocycles. The van der Waals surface area contributed by atoms with Crippen LogP contribution >= 0.6 is 0 Å². The van der Waals surface area contributed by atoms with E-state index < -0.39 is 0 Å². The summed E-state index contributed by atoms with van der Waals surface area (Å²) in [5.74, 6) is 0.675. The fourth-order valence-electron chi connectivity index (χ4n) is 1.88. The first kappa shape index (κ1) is 16.5. The Balaban J connectivity index is 2.02. The summed E-state index contributed by atoms with van der Waals surface area (Å²) in [4.78, 5) is 29.3. The van der Waals surface area contributed by atoms with E-state index in [2.05, 4.69) is 10.3 Å². The molecule has 0 radical (unpaired) electrons. The molecule has 0 aliphatic rings. The minimum atomic E-state index is -0.281. The molecule has 1 aromatic heterocycles. The second-order valence-corrected chi connectivity index (χ2v) is 5.08. The van der Waals surface area contributed by atoms with E-state index in [1.807, 2.05) is 0 Å². The number of hydrogen-bond acceptors (Lipinski definition) is 4. The summed E-state index contributed by atoms with van der Waals surface area (Å²) in [7, 11) is 3.36. The Hall–Kier alpha value is -2.89. The SMILES string of the molecule is CN(C)C(=O)CCNC(=O)c1ccccc1Oc1cccnc1. The number of benzene rings is 1. The molecule has 6 heteroatoms. The van der Waals surface area contributed by atoms with Crippen molar-refractivity contribution in [2.75, 3.05) is 20.6 Å². The van der Waals surface area contributed by atoms with Gasteiger partial charge in [0.05, 0.1) is 11.8 Å². The molecule has 1 heterocycles. The predicted molar refractivity (Wildman–Crippen MR) is 86.4 cm³/mol. The number of rotatable bonds is 6. The van der Waals surface area contributed by atoms with Crippen molar-refractivity contribution in [2.24, 2.45) is 0 Å². The highest BCUT2D eigenvalue weighted by Gasteiger charge is 2.13. The molecule has 0 saturated carbocycles. The molecule has 120 valence electrons. The monoisotopic (exact) mass is 313 g/mol. The fraction of sp³-hybridized carbons (Fsp3) is 0.235. The molecule has 2 rings (SSSR count). The minimum Gasteiger partial charge on any atom is -0.455 e. The molecule has 1 N–H and O–H groups in total. The summed E-state index contributed by atoms with van der Waals surface area (Å²) in [5.41, 5.74) is 0.411. The van der Waals surface area contributed by atoms with E-state index in [9.17, 15) is 9.59 Å². The summed E-state index contributed by atoms with van der Waals surface area (Å²) >= 11 is 0. The molecule has 23 heavy (non-hydrogen) atoms. The maximum Gasteiger partial charge on any atom is 0.255 e. The van der Waals surface area contributed by atoms with E-state index in [1.54, 1.807) is 62.9 Å². The van der Waals surface area contributed by atoms with Crippen molar-refractivity contribution < 1.29 is 14.3 Å². The van der Waals surface area contributed by atoms with E-state index in [0.29, 0.717) is 17.1 Å². The highest BCUT2D eigenvalue weighted by atomic mass is 16.5. The van der Waals surface area contributed by atoms with Gasteiger partial charge < -0.3 is 15.0 Å². The summed E-state index contributed by atoms with van der Waals surface area (Å²) in [6, 6.07) is 10.5. The smallest absolute Gasteiger partial charge is 0.255 e. The van der Waals surface area contributed by atoms with Crippen LogP contribution < -0.4 is 10.1 Å². The molecule has 0 atom stereocenters. The lowest BCUT2D eigenvalue weighted by Crippen LogP contribution is -2.30. The number of aromatic nitrogens is 1.